The fourth-order valence-corrected chi connectivity index (χ4v) is 3.04. The van der Waals surface area contributed by atoms with Gasteiger partial charge in [0.05, 0.1) is 17.7 Å². The Morgan fingerprint density at radius 2 is 1.49 bits per heavy atom. The Balaban J connectivity index is 1.65. The van der Waals surface area contributed by atoms with E-state index in [1.54, 1.807) is 0 Å². The van der Waals surface area contributed by atoms with Crippen LogP contribution in [-0.2, 0) is 0 Å². The van der Waals surface area contributed by atoms with E-state index >= 15 is 0 Å². The van der Waals surface area contributed by atoms with E-state index in [-0.39, 0.29) is 16.9 Å². The largest absolute Gasteiger partial charge is 0.490 e. The van der Waals surface area contributed by atoms with E-state index in [2.05, 4.69) is 18.8 Å². The second kappa shape index (κ2) is 12.0. The highest BCUT2D eigenvalue weighted by Crippen LogP contribution is 2.23. The summed E-state index contributed by atoms with van der Waals surface area (Å²) >= 11 is 0. The molecule has 0 bridgehead atoms. The van der Waals surface area contributed by atoms with Gasteiger partial charge in [0.2, 0.25) is 5.82 Å². The van der Waals surface area contributed by atoms with Gasteiger partial charge in [-0.25, -0.2) is 22.4 Å². The lowest BCUT2D eigenvalue weighted by Gasteiger charge is -2.08. The van der Waals surface area contributed by atoms with Gasteiger partial charge in [-0.1, -0.05) is 38.0 Å². The SMILES string of the molecule is CCCCCCOc1ccc(C#Cc2ccc(C(=O)Oc3cc(F)c(F)c(F)c3)cc2)c(F)c1F. The van der Waals surface area contributed by atoms with Crippen molar-refractivity contribution in [3.63, 3.8) is 0 Å². The van der Waals surface area contributed by atoms with Crippen molar-refractivity contribution in [2.75, 3.05) is 6.61 Å². The minimum Gasteiger partial charge on any atom is -0.490 e. The number of halogens is 5. The molecule has 182 valence electrons. The van der Waals surface area contributed by atoms with E-state index in [0.29, 0.717) is 24.3 Å². The van der Waals surface area contributed by atoms with E-state index in [1.165, 1.54) is 36.4 Å². The summed E-state index contributed by atoms with van der Waals surface area (Å²) in [6.07, 6.45) is 3.80. The summed E-state index contributed by atoms with van der Waals surface area (Å²) in [7, 11) is 0. The van der Waals surface area contributed by atoms with Gasteiger partial charge in [0.15, 0.2) is 29.0 Å². The third-order valence-corrected chi connectivity index (χ3v) is 4.93. The normalized spacial score (nSPS) is 10.5. The van der Waals surface area contributed by atoms with Crippen molar-refractivity contribution < 1.29 is 36.2 Å². The predicted octanol–water partition coefficient (Wildman–Crippen LogP) is 6.96. The van der Waals surface area contributed by atoms with Gasteiger partial charge in [-0.3, -0.25) is 0 Å². The average Bonchev–Trinajstić information content (AvgIpc) is 2.84. The molecule has 0 heterocycles. The van der Waals surface area contributed by atoms with Crippen LogP contribution in [0, 0.1) is 40.9 Å². The minimum atomic E-state index is -1.67. The van der Waals surface area contributed by atoms with Crippen molar-refractivity contribution in [1.82, 2.24) is 0 Å². The first-order valence-electron chi connectivity index (χ1n) is 10.9. The summed E-state index contributed by atoms with van der Waals surface area (Å²) in [5.41, 5.74) is 0.250. The molecule has 0 spiro atoms. The fraction of sp³-hybridized carbons (Fsp3) is 0.222. The molecule has 3 rings (SSSR count). The number of esters is 1. The molecular weight excluding hydrogens is 467 g/mol. The van der Waals surface area contributed by atoms with Gasteiger partial charge in [-0.05, 0) is 42.8 Å². The van der Waals surface area contributed by atoms with Crippen LogP contribution < -0.4 is 9.47 Å². The molecule has 0 aromatic heterocycles. The quantitative estimate of drug-likeness (QED) is 0.0859. The topological polar surface area (TPSA) is 35.5 Å². The van der Waals surface area contributed by atoms with Crippen molar-refractivity contribution in [3.8, 4) is 23.3 Å². The van der Waals surface area contributed by atoms with Gasteiger partial charge in [0.1, 0.15) is 5.75 Å². The van der Waals surface area contributed by atoms with Gasteiger partial charge in [-0.2, -0.15) is 4.39 Å². The van der Waals surface area contributed by atoms with Crippen molar-refractivity contribution >= 4 is 5.97 Å². The molecule has 3 aromatic carbocycles. The molecule has 0 saturated carbocycles. The molecule has 8 heteroatoms. The van der Waals surface area contributed by atoms with Crippen LogP contribution in [-0.4, -0.2) is 12.6 Å². The molecule has 0 aliphatic heterocycles. The molecule has 0 fully saturated rings. The number of benzene rings is 3. The third-order valence-electron chi connectivity index (χ3n) is 4.93. The lowest BCUT2D eigenvalue weighted by atomic mass is 10.1. The molecule has 0 aliphatic rings. The summed E-state index contributed by atoms with van der Waals surface area (Å²) in [5, 5.41) is 0. The standard InChI is InChI=1S/C27H21F5O3/c1-2-3-4-5-14-34-23-13-12-18(24(30)26(23)32)9-6-17-7-10-19(11-8-17)27(33)35-20-15-21(28)25(31)22(29)16-20/h7-8,10-13,15-16H,2-5,14H2,1H3. The lowest BCUT2D eigenvalue weighted by molar-refractivity contribution is 0.0733. The van der Waals surface area contributed by atoms with E-state index in [0.717, 1.165) is 25.7 Å². The zero-order valence-corrected chi connectivity index (χ0v) is 18.8. The Bertz CT molecular complexity index is 1240. The van der Waals surface area contributed by atoms with Crippen LogP contribution in [0.25, 0.3) is 0 Å². The summed E-state index contributed by atoms with van der Waals surface area (Å²) in [4.78, 5) is 12.2. The van der Waals surface area contributed by atoms with E-state index < -0.39 is 40.8 Å². The van der Waals surface area contributed by atoms with Crippen LogP contribution in [0.1, 0.15) is 54.1 Å². The van der Waals surface area contributed by atoms with Crippen LogP contribution in [0.3, 0.4) is 0 Å². The molecule has 35 heavy (non-hydrogen) atoms. The summed E-state index contributed by atoms with van der Waals surface area (Å²) in [5.74, 6) is -3.31. The minimum absolute atomic E-state index is 0.0263. The highest BCUT2D eigenvalue weighted by molar-refractivity contribution is 5.91. The van der Waals surface area contributed by atoms with E-state index in [1.807, 2.05) is 0 Å². The summed E-state index contributed by atoms with van der Waals surface area (Å²) < 4.78 is 78.3. The molecule has 3 nitrogen and oxygen atoms in total. The number of hydrogen-bond acceptors (Lipinski definition) is 3. The maximum atomic E-state index is 14.4. The van der Waals surface area contributed by atoms with Gasteiger partial charge >= 0.3 is 5.97 Å². The average molecular weight is 488 g/mol. The van der Waals surface area contributed by atoms with Gasteiger partial charge in [-0.15, -0.1) is 0 Å². The molecule has 3 aromatic rings. The zero-order chi connectivity index (χ0) is 25.4. The first-order chi connectivity index (χ1) is 16.8. The highest BCUT2D eigenvalue weighted by atomic mass is 19.2. The molecular formula is C27H21F5O3. The third kappa shape index (κ3) is 6.82. The van der Waals surface area contributed by atoms with Crippen LogP contribution in [0.5, 0.6) is 11.5 Å². The van der Waals surface area contributed by atoms with Gasteiger partial charge < -0.3 is 9.47 Å². The van der Waals surface area contributed by atoms with Crippen LogP contribution in [0.2, 0.25) is 0 Å². The smallest absolute Gasteiger partial charge is 0.343 e. The van der Waals surface area contributed by atoms with Gasteiger partial charge in [0, 0.05) is 17.7 Å². The van der Waals surface area contributed by atoms with E-state index in [9.17, 15) is 26.7 Å². The molecule has 0 amide bonds. The van der Waals surface area contributed by atoms with Gasteiger partial charge in [0.25, 0.3) is 0 Å². The number of carbonyl (C=O) groups is 1. The molecule has 0 saturated heterocycles. The van der Waals surface area contributed by atoms with E-state index in [4.69, 9.17) is 9.47 Å². The fourth-order valence-electron chi connectivity index (χ4n) is 3.04. The molecule has 0 N–H and O–H groups in total. The second-order valence-corrected chi connectivity index (χ2v) is 7.57. The van der Waals surface area contributed by atoms with Crippen LogP contribution in [0.15, 0.2) is 48.5 Å². The first kappa shape index (κ1) is 25.8. The lowest BCUT2D eigenvalue weighted by Crippen LogP contribution is -2.09. The van der Waals surface area contributed by atoms with Crippen LogP contribution in [0.4, 0.5) is 22.0 Å². The second-order valence-electron chi connectivity index (χ2n) is 7.57. The monoisotopic (exact) mass is 488 g/mol. The Kier molecular flexibility index (Phi) is 8.85. The number of hydrogen-bond donors (Lipinski definition) is 0. The zero-order valence-electron chi connectivity index (χ0n) is 18.8. The van der Waals surface area contributed by atoms with Crippen molar-refractivity contribution in [3.05, 3.63) is 94.3 Å². The summed E-state index contributed by atoms with van der Waals surface area (Å²) in [6.45, 7) is 2.36. The molecule has 0 atom stereocenters. The number of carbonyl (C=O) groups excluding carboxylic acids is 1. The maximum absolute atomic E-state index is 14.4. The van der Waals surface area contributed by atoms with Crippen LogP contribution >= 0.6 is 0 Å². The maximum Gasteiger partial charge on any atom is 0.343 e. The highest BCUT2D eigenvalue weighted by Gasteiger charge is 2.15. The Morgan fingerprint density at radius 1 is 0.800 bits per heavy atom. The van der Waals surface area contributed by atoms with Crippen molar-refractivity contribution in [2.45, 2.75) is 32.6 Å². The number of rotatable bonds is 8. The molecule has 0 aliphatic carbocycles. The Morgan fingerprint density at radius 3 is 2.14 bits per heavy atom. The molecule has 0 unspecified atom stereocenters. The Labute approximate surface area is 199 Å². The number of ether oxygens (including phenoxy) is 2. The molecule has 0 radical (unpaired) electrons. The Hall–Kier alpha value is -3.86. The van der Waals surface area contributed by atoms with Crippen molar-refractivity contribution in [2.24, 2.45) is 0 Å². The van der Waals surface area contributed by atoms with Crippen molar-refractivity contribution in [1.29, 1.82) is 0 Å². The summed E-state index contributed by atoms with van der Waals surface area (Å²) in [6, 6.07) is 9.25. The number of unbranched alkanes of at least 4 members (excludes halogenated alkanes) is 3. The first-order valence-corrected chi connectivity index (χ1v) is 10.9. The predicted molar refractivity (Wildman–Crippen MR) is 120 cm³/mol.